The third-order valence-electron chi connectivity index (χ3n) is 3.11. The zero-order chi connectivity index (χ0) is 11.5. The molecule has 90 valence electrons. The summed E-state index contributed by atoms with van der Waals surface area (Å²) in [6.45, 7) is 5.05. The van der Waals surface area contributed by atoms with Crippen LogP contribution in [0.5, 0.6) is 0 Å². The minimum atomic E-state index is -0.217. The van der Waals surface area contributed by atoms with Crippen molar-refractivity contribution in [2.24, 2.45) is 0 Å². The van der Waals surface area contributed by atoms with E-state index in [9.17, 15) is 0 Å². The highest BCUT2D eigenvalue weighted by atomic mass is 35.5. The van der Waals surface area contributed by atoms with E-state index in [0.717, 1.165) is 13.0 Å². The Morgan fingerprint density at radius 3 is 2.94 bits per heavy atom. The van der Waals surface area contributed by atoms with E-state index < -0.39 is 0 Å². The summed E-state index contributed by atoms with van der Waals surface area (Å²) in [7, 11) is 0. The summed E-state index contributed by atoms with van der Waals surface area (Å²) in [5.41, 5.74) is 0. The van der Waals surface area contributed by atoms with Crippen molar-refractivity contribution in [2.45, 2.75) is 50.9 Å². The minimum absolute atomic E-state index is 0.217. The first kappa shape index (κ1) is 11.7. The number of halogens is 1. The lowest BCUT2D eigenvalue weighted by molar-refractivity contribution is 0.400. The number of rotatable bonds is 3. The molecule has 1 aromatic rings. The molecule has 1 aliphatic heterocycles. The average Bonchev–Trinajstić information content (AvgIpc) is 2.78. The van der Waals surface area contributed by atoms with E-state index in [1.807, 2.05) is 6.92 Å². The fraction of sp³-hybridized carbons (Fsp3) is 0.818. The summed E-state index contributed by atoms with van der Waals surface area (Å²) in [5.74, 6) is 0.511. The summed E-state index contributed by atoms with van der Waals surface area (Å²) in [5, 5.41) is 7.84. The number of nitrogens with zero attached hydrogens (tertiary/aromatic N) is 3. The van der Waals surface area contributed by atoms with Crippen molar-refractivity contribution in [1.29, 1.82) is 0 Å². The Bertz CT molecular complexity index is 340. The molecule has 2 atom stereocenters. The Hall–Kier alpha value is -0.770. The maximum absolute atomic E-state index is 5.91. The van der Waals surface area contributed by atoms with Crippen molar-refractivity contribution in [3.63, 3.8) is 0 Å². The quantitative estimate of drug-likeness (QED) is 0.765. The number of anilines is 1. The van der Waals surface area contributed by atoms with Gasteiger partial charge in [-0.25, -0.2) is 0 Å². The highest BCUT2D eigenvalue weighted by Crippen LogP contribution is 2.27. The Kier molecular flexibility index (Phi) is 3.69. The fourth-order valence-electron chi connectivity index (χ4n) is 2.18. The molecule has 1 aliphatic rings. The molecule has 0 saturated carbocycles. The van der Waals surface area contributed by atoms with Gasteiger partial charge in [-0.1, -0.05) is 12.0 Å². The van der Waals surface area contributed by atoms with Crippen LogP contribution in [0.1, 0.15) is 50.8 Å². The Labute approximate surface area is 101 Å². The number of aromatic nitrogens is 2. The van der Waals surface area contributed by atoms with Crippen molar-refractivity contribution < 1.29 is 4.42 Å². The van der Waals surface area contributed by atoms with Gasteiger partial charge < -0.3 is 9.32 Å². The Balaban J connectivity index is 2.14. The lowest BCUT2D eigenvalue weighted by Crippen LogP contribution is -2.39. The topological polar surface area (TPSA) is 42.2 Å². The molecule has 0 N–H and O–H groups in total. The van der Waals surface area contributed by atoms with Gasteiger partial charge in [0.1, 0.15) is 5.38 Å². The van der Waals surface area contributed by atoms with Crippen molar-refractivity contribution in [3.05, 3.63) is 5.89 Å². The molecule has 0 aromatic carbocycles. The predicted molar refractivity (Wildman–Crippen MR) is 63.8 cm³/mol. The van der Waals surface area contributed by atoms with Crippen molar-refractivity contribution in [3.8, 4) is 0 Å². The largest absolute Gasteiger partial charge is 0.406 e. The molecule has 0 aliphatic carbocycles. The minimum Gasteiger partial charge on any atom is -0.406 e. The van der Waals surface area contributed by atoms with Gasteiger partial charge in [-0.05, 0) is 32.6 Å². The first-order chi connectivity index (χ1) is 7.72. The molecule has 2 rings (SSSR count). The van der Waals surface area contributed by atoms with Crippen LogP contribution in [0.4, 0.5) is 6.01 Å². The standard InChI is InChI=1S/C11H18ClN3O/c1-3-9-6-4-5-7-15(9)11-14-13-10(16-11)8(2)12/h8-9H,3-7H2,1-2H3. The summed E-state index contributed by atoms with van der Waals surface area (Å²) in [6.07, 6.45) is 4.82. The second-order valence-corrected chi connectivity index (χ2v) is 4.94. The van der Waals surface area contributed by atoms with Crippen molar-refractivity contribution in [2.75, 3.05) is 11.4 Å². The van der Waals surface area contributed by atoms with Crippen LogP contribution in [0.2, 0.25) is 0 Å². The van der Waals surface area contributed by atoms with Gasteiger partial charge in [-0.15, -0.1) is 16.7 Å². The number of hydrogen-bond acceptors (Lipinski definition) is 4. The zero-order valence-corrected chi connectivity index (χ0v) is 10.6. The van der Waals surface area contributed by atoms with E-state index in [1.54, 1.807) is 0 Å². The first-order valence-corrected chi connectivity index (χ1v) is 6.40. The van der Waals surface area contributed by atoms with Gasteiger partial charge in [0.05, 0.1) is 0 Å². The van der Waals surface area contributed by atoms with E-state index >= 15 is 0 Å². The van der Waals surface area contributed by atoms with Crippen LogP contribution in [0.25, 0.3) is 0 Å². The lowest BCUT2D eigenvalue weighted by atomic mass is 10.0. The van der Waals surface area contributed by atoms with Gasteiger partial charge in [0, 0.05) is 12.6 Å². The molecule has 1 fully saturated rings. The molecule has 0 radical (unpaired) electrons. The molecule has 1 saturated heterocycles. The molecular weight excluding hydrogens is 226 g/mol. The van der Waals surface area contributed by atoms with Gasteiger partial charge in [0.25, 0.3) is 0 Å². The molecule has 2 unspecified atom stereocenters. The summed E-state index contributed by atoms with van der Waals surface area (Å²) in [4.78, 5) is 2.22. The molecule has 4 nitrogen and oxygen atoms in total. The normalized spacial score (nSPS) is 23.4. The molecule has 0 bridgehead atoms. The highest BCUT2D eigenvalue weighted by molar-refractivity contribution is 6.20. The van der Waals surface area contributed by atoms with Gasteiger partial charge in [0.15, 0.2) is 0 Å². The van der Waals surface area contributed by atoms with Crippen molar-refractivity contribution >= 4 is 17.6 Å². The lowest BCUT2D eigenvalue weighted by Gasteiger charge is -2.33. The molecule has 16 heavy (non-hydrogen) atoms. The molecule has 0 spiro atoms. The van der Waals surface area contributed by atoms with Crippen LogP contribution in [0.3, 0.4) is 0 Å². The van der Waals surface area contributed by atoms with Gasteiger partial charge in [-0.2, -0.15) is 0 Å². The molecule has 2 heterocycles. The molecule has 0 amide bonds. The highest BCUT2D eigenvalue weighted by Gasteiger charge is 2.25. The molecule has 5 heteroatoms. The van der Waals surface area contributed by atoms with Crippen LogP contribution in [-0.4, -0.2) is 22.8 Å². The van der Waals surface area contributed by atoms with Gasteiger partial charge in [-0.3, -0.25) is 0 Å². The summed E-state index contributed by atoms with van der Waals surface area (Å²) < 4.78 is 5.59. The number of piperidine rings is 1. The summed E-state index contributed by atoms with van der Waals surface area (Å²) in [6, 6.07) is 1.17. The van der Waals surface area contributed by atoms with Gasteiger partial charge >= 0.3 is 6.01 Å². The first-order valence-electron chi connectivity index (χ1n) is 5.96. The summed E-state index contributed by atoms with van der Waals surface area (Å²) >= 11 is 5.91. The fourth-order valence-corrected chi connectivity index (χ4v) is 2.27. The van der Waals surface area contributed by atoms with E-state index in [0.29, 0.717) is 17.9 Å². The average molecular weight is 244 g/mol. The zero-order valence-electron chi connectivity index (χ0n) is 9.82. The smallest absolute Gasteiger partial charge is 0.318 e. The number of hydrogen-bond donors (Lipinski definition) is 0. The second kappa shape index (κ2) is 5.04. The Morgan fingerprint density at radius 2 is 2.31 bits per heavy atom. The maximum Gasteiger partial charge on any atom is 0.318 e. The predicted octanol–water partition coefficient (Wildman–Crippen LogP) is 3.14. The maximum atomic E-state index is 5.91. The SMILES string of the molecule is CCC1CCCCN1c1nnc(C(C)Cl)o1. The van der Waals surface area contributed by atoms with Crippen LogP contribution in [-0.2, 0) is 0 Å². The van der Waals surface area contributed by atoms with Crippen LogP contribution in [0.15, 0.2) is 4.42 Å². The van der Waals surface area contributed by atoms with E-state index in [-0.39, 0.29) is 5.38 Å². The van der Waals surface area contributed by atoms with Crippen LogP contribution in [0, 0.1) is 0 Å². The van der Waals surface area contributed by atoms with E-state index in [2.05, 4.69) is 22.0 Å². The van der Waals surface area contributed by atoms with E-state index in [4.69, 9.17) is 16.0 Å². The molecular formula is C11H18ClN3O. The Morgan fingerprint density at radius 1 is 1.50 bits per heavy atom. The third-order valence-corrected chi connectivity index (χ3v) is 3.30. The monoisotopic (exact) mass is 243 g/mol. The van der Waals surface area contributed by atoms with Crippen LogP contribution < -0.4 is 4.90 Å². The second-order valence-electron chi connectivity index (χ2n) is 4.29. The van der Waals surface area contributed by atoms with Crippen molar-refractivity contribution in [1.82, 2.24) is 10.2 Å². The van der Waals surface area contributed by atoms with Crippen LogP contribution >= 0.6 is 11.6 Å². The molecule has 1 aromatic heterocycles. The van der Waals surface area contributed by atoms with E-state index in [1.165, 1.54) is 19.3 Å². The third kappa shape index (κ3) is 2.32. The van der Waals surface area contributed by atoms with Gasteiger partial charge in [0.2, 0.25) is 5.89 Å². The number of alkyl halides is 1.